The van der Waals surface area contributed by atoms with Gasteiger partial charge in [0.15, 0.2) is 0 Å². The lowest BCUT2D eigenvalue weighted by molar-refractivity contribution is 0.171. The van der Waals surface area contributed by atoms with Crippen molar-refractivity contribution in [2.45, 2.75) is 53.0 Å². The lowest BCUT2D eigenvalue weighted by Crippen LogP contribution is -2.38. The largest absolute Gasteiger partial charge is 0.494 e. The van der Waals surface area contributed by atoms with Crippen LogP contribution in [0, 0.1) is 5.41 Å². The van der Waals surface area contributed by atoms with Crippen LogP contribution < -0.4 is 10.1 Å². The SMILES string of the molecule is CCC(CC)(CCOc1ccc(Br)cc1)CNC(C)C. The maximum atomic E-state index is 5.88. The molecule has 0 unspecified atom stereocenters. The van der Waals surface area contributed by atoms with Crippen LogP contribution >= 0.6 is 15.9 Å². The van der Waals surface area contributed by atoms with E-state index in [9.17, 15) is 0 Å². The van der Waals surface area contributed by atoms with Crippen molar-refractivity contribution in [1.82, 2.24) is 5.32 Å². The average Bonchev–Trinajstić information content (AvgIpc) is 2.45. The van der Waals surface area contributed by atoms with Crippen LogP contribution in [0.25, 0.3) is 0 Å². The molecule has 0 spiro atoms. The zero-order valence-electron chi connectivity index (χ0n) is 13.2. The van der Waals surface area contributed by atoms with Gasteiger partial charge in [-0.2, -0.15) is 0 Å². The Bertz CT molecular complexity index is 371. The zero-order valence-corrected chi connectivity index (χ0v) is 14.8. The molecule has 1 aromatic rings. The predicted molar refractivity (Wildman–Crippen MR) is 90.4 cm³/mol. The molecule has 0 aliphatic rings. The van der Waals surface area contributed by atoms with E-state index in [1.807, 2.05) is 24.3 Å². The van der Waals surface area contributed by atoms with Crippen LogP contribution in [-0.4, -0.2) is 19.2 Å². The van der Waals surface area contributed by atoms with E-state index in [1.54, 1.807) is 0 Å². The Morgan fingerprint density at radius 2 is 1.75 bits per heavy atom. The highest BCUT2D eigenvalue weighted by Gasteiger charge is 2.26. The minimum absolute atomic E-state index is 0.347. The van der Waals surface area contributed by atoms with Crippen LogP contribution in [0.2, 0.25) is 0 Å². The summed E-state index contributed by atoms with van der Waals surface area (Å²) < 4.78 is 6.96. The van der Waals surface area contributed by atoms with Gasteiger partial charge in [0.25, 0.3) is 0 Å². The van der Waals surface area contributed by atoms with E-state index in [0.29, 0.717) is 11.5 Å². The van der Waals surface area contributed by atoms with Gasteiger partial charge in [0.05, 0.1) is 6.61 Å². The molecular weight excluding hydrogens is 314 g/mol. The van der Waals surface area contributed by atoms with Gasteiger partial charge < -0.3 is 10.1 Å². The fraction of sp³-hybridized carbons (Fsp3) is 0.647. The van der Waals surface area contributed by atoms with Gasteiger partial charge in [0, 0.05) is 17.1 Å². The number of nitrogens with one attached hydrogen (secondary N) is 1. The van der Waals surface area contributed by atoms with Crippen LogP contribution in [0.4, 0.5) is 0 Å². The molecule has 2 nitrogen and oxygen atoms in total. The zero-order chi connectivity index (χ0) is 15.0. The van der Waals surface area contributed by atoms with Gasteiger partial charge in [0.1, 0.15) is 5.75 Å². The topological polar surface area (TPSA) is 21.3 Å². The van der Waals surface area contributed by atoms with Gasteiger partial charge in [-0.1, -0.05) is 43.6 Å². The van der Waals surface area contributed by atoms with E-state index in [4.69, 9.17) is 4.74 Å². The summed E-state index contributed by atoms with van der Waals surface area (Å²) in [6.07, 6.45) is 3.47. The summed E-state index contributed by atoms with van der Waals surface area (Å²) >= 11 is 3.44. The summed E-state index contributed by atoms with van der Waals surface area (Å²) in [5.74, 6) is 0.950. The fourth-order valence-electron chi connectivity index (χ4n) is 2.28. The number of hydrogen-bond donors (Lipinski definition) is 1. The molecule has 0 radical (unpaired) electrons. The first-order valence-corrected chi connectivity index (χ1v) is 8.42. The highest BCUT2D eigenvalue weighted by Crippen LogP contribution is 2.30. The Hall–Kier alpha value is -0.540. The fourth-order valence-corrected chi connectivity index (χ4v) is 2.54. The number of halogens is 1. The maximum Gasteiger partial charge on any atom is 0.119 e. The molecule has 0 atom stereocenters. The van der Waals surface area contributed by atoms with Crippen molar-refractivity contribution >= 4 is 15.9 Å². The van der Waals surface area contributed by atoms with Crippen molar-refractivity contribution in [3.8, 4) is 5.75 Å². The molecule has 0 aromatic heterocycles. The molecule has 20 heavy (non-hydrogen) atoms. The third-order valence-electron chi connectivity index (χ3n) is 4.10. The minimum Gasteiger partial charge on any atom is -0.494 e. The normalized spacial score (nSPS) is 11.9. The first-order valence-electron chi connectivity index (χ1n) is 7.63. The van der Waals surface area contributed by atoms with Crippen LogP contribution in [-0.2, 0) is 0 Å². The summed E-state index contributed by atoms with van der Waals surface area (Å²) in [5, 5.41) is 3.58. The van der Waals surface area contributed by atoms with Crippen molar-refractivity contribution in [3.05, 3.63) is 28.7 Å². The Labute approximate surface area is 132 Å². The third kappa shape index (κ3) is 5.84. The molecule has 0 aliphatic heterocycles. The highest BCUT2D eigenvalue weighted by molar-refractivity contribution is 9.10. The number of hydrogen-bond acceptors (Lipinski definition) is 2. The molecule has 0 aliphatic carbocycles. The maximum absolute atomic E-state index is 5.88. The Morgan fingerprint density at radius 1 is 1.15 bits per heavy atom. The van der Waals surface area contributed by atoms with E-state index in [-0.39, 0.29) is 0 Å². The molecule has 0 heterocycles. The first-order chi connectivity index (χ1) is 9.51. The Morgan fingerprint density at radius 3 is 2.25 bits per heavy atom. The quantitative estimate of drug-likeness (QED) is 0.680. The lowest BCUT2D eigenvalue weighted by atomic mass is 9.79. The molecule has 0 saturated heterocycles. The molecule has 0 fully saturated rings. The molecule has 1 aromatic carbocycles. The van der Waals surface area contributed by atoms with Crippen molar-refractivity contribution < 1.29 is 4.74 Å². The van der Waals surface area contributed by atoms with E-state index in [1.165, 1.54) is 12.8 Å². The van der Waals surface area contributed by atoms with Crippen molar-refractivity contribution in [1.29, 1.82) is 0 Å². The minimum atomic E-state index is 0.347. The van der Waals surface area contributed by atoms with Gasteiger partial charge in [-0.15, -0.1) is 0 Å². The van der Waals surface area contributed by atoms with Crippen molar-refractivity contribution in [2.24, 2.45) is 5.41 Å². The van der Waals surface area contributed by atoms with Crippen molar-refractivity contribution in [3.63, 3.8) is 0 Å². The monoisotopic (exact) mass is 341 g/mol. The second-order valence-corrected chi connectivity index (χ2v) is 6.71. The lowest BCUT2D eigenvalue weighted by Gasteiger charge is -2.33. The molecule has 0 saturated carbocycles. The molecule has 3 heteroatoms. The molecule has 1 N–H and O–H groups in total. The molecule has 114 valence electrons. The predicted octanol–water partition coefficient (Wildman–Crippen LogP) is 5.02. The molecule has 0 amide bonds. The Balaban J connectivity index is 2.47. The molecule has 0 bridgehead atoms. The standard InChI is InChI=1S/C17H28BrNO/c1-5-17(6-2,13-19-14(3)4)11-12-20-16-9-7-15(18)8-10-16/h7-10,14,19H,5-6,11-13H2,1-4H3. The molecular formula is C17H28BrNO. The van der Waals surface area contributed by atoms with Gasteiger partial charge in [0.2, 0.25) is 0 Å². The van der Waals surface area contributed by atoms with E-state index in [0.717, 1.165) is 29.8 Å². The molecule has 1 rings (SSSR count). The highest BCUT2D eigenvalue weighted by atomic mass is 79.9. The summed E-state index contributed by atoms with van der Waals surface area (Å²) in [5.41, 5.74) is 0.347. The second kappa shape index (κ2) is 8.68. The Kier molecular flexibility index (Phi) is 7.60. The number of ether oxygens (including phenoxy) is 1. The number of benzene rings is 1. The van der Waals surface area contributed by atoms with Crippen molar-refractivity contribution in [2.75, 3.05) is 13.2 Å². The van der Waals surface area contributed by atoms with Gasteiger partial charge in [-0.25, -0.2) is 0 Å². The smallest absolute Gasteiger partial charge is 0.119 e. The summed E-state index contributed by atoms with van der Waals surface area (Å²) in [4.78, 5) is 0. The van der Waals surface area contributed by atoms with E-state index in [2.05, 4.69) is 48.9 Å². The number of rotatable bonds is 9. The van der Waals surface area contributed by atoms with Gasteiger partial charge >= 0.3 is 0 Å². The van der Waals surface area contributed by atoms with Crippen LogP contribution in [0.3, 0.4) is 0 Å². The van der Waals surface area contributed by atoms with Crippen LogP contribution in [0.15, 0.2) is 28.7 Å². The van der Waals surface area contributed by atoms with Crippen LogP contribution in [0.5, 0.6) is 5.75 Å². The van der Waals surface area contributed by atoms with Gasteiger partial charge in [-0.3, -0.25) is 0 Å². The third-order valence-corrected chi connectivity index (χ3v) is 4.63. The summed E-state index contributed by atoms with van der Waals surface area (Å²) in [7, 11) is 0. The van der Waals surface area contributed by atoms with Crippen LogP contribution in [0.1, 0.15) is 47.0 Å². The second-order valence-electron chi connectivity index (χ2n) is 5.80. The first kappa shape index (κ1) is 17.5. The van der Waals surface area contributed by atoms with Gasteiger partial charge in [-0.05, 0) is 48.9 Å². The summed E-state index contributed by atoms with van der Waals surface area (Å²) in [6.45, 7) is 10.8. The summed E-state index contributed by atoms with van der Waals surface area (Å²) in [6, 6.07) is 8.59. The van der Waals surface area contributed by atoms with E-state index >= 15 is 0 Å². The average molecular weight is 342 g/mol. The van der Waals surface area contributed by atoms with E-state index < -0.39 is 0 Å².